The molecule has 3 heterocycles. The van der Waals surface area contributed by atoms with Crippen LogP contribution in [0.25, 0.3) is 10.2 Å². The molecule has 9 heteroatoms. The number of hydrogen-bond acceptors (Lipinski definition) is 7. The van der Waals surface area contributed by atoms with E-state index in [1.54, 1.807) is 0 Å². The topological polar surface area (TPSA) is 121 Å². The summed E-state index contributed by atoms with van der Waals surface area (Å²) < 4.78 is 15.3. The normalized spacial score (nSPS) is 22.0. The number of nitrogens with one attached hydrogen (secondary N) is 1. The third-order valence-corrected chi connectivity index (χ3v) is 8.18. The third kappa shape index (κ3) is 3.77. The van der Waals surface area contributed by atoms with Gasteiger partial charge in [0.25, 0.3) is 5.91 Å². The number of pyridine rings is 1. The third-order valence-electron chi connectivity index (χ3n) is 7.06. The molecule has 7 nitrogen and oxygen atoms in total. The number of nitrogens with two attached hydrogens (primary N) is 2. The van der Waals surface area contributed by atoms with Crippen LogP contribution in [0, 0.1) is 30.0 Å². The fourth-order valence-electron chi connectivity index (χ4n) is 5.09. The summed E-state index contributed by atoms with van der Waals surface area (Å²) in [5.41, 5.74) is 16.1. The van der Waals surface area contributed by atoms with Gasteiger partial charge in [-0.25, -0.2) is 9.37 Å². The van der Waals surface area contributed by atoms with E-state index in [-0.39, 0.29) is 29.7 Å². The van der Waals surface area contributed by atoms with Crippen molar-refractivity contribution in [1.29, 1.82) is 5.26 Å². The van der Waals surface area contributed by atoms with Crippen molar-refractivity contribution < 1.29 is 9.18 Å². The van der Waals surface area contributed by atoms with Crippen molar-refractivity contribution in [2.75, 3.05) is 23.7 Å². The van der Waals surface area contributed by atoms with E-state index in [0.717, 1.165) is 21.5 Å². The molecule has 1 aromatic carbocycles. The van der Waals surface area contributed by atoms with Crippen molar-refractivity contribution in [3.8, 4) is 6.07 Å². The zero-order valence-corrected chi connectivity index (χ0v) is 20.0. The van der Waals surface area contributed by atoms with Gasteiger partial charge < -0.3 is 21.7 Å². The van der Waals surface area contributed by atoms with E-state index < -0.39 is 0 Å². The fraction of sp³-hybridized carbons (Fsp3) is 0.400. The first-order valence-corrected chi connectivity index (χ1v) is 12.3. The van der Waals surface area contributed by atoms with Crippen molar-refractivity contribution in [3.05, 3.63) is 51.3 Å². The molecule has 1 saturated heterocycles. The number of benzene rings is 1. The number of carbonyl (C=O) groups excluding carboxylic acids is 1. The van der Waals surface area contributed by atoms with Gasteiger partial charge in [-0.05, 0) is 61.4 Å². The Hall–Kier alpha value is -3.22. The molecule has 0 saturated carbocycles. The Morgan fingerprint density at radius 3 is 2.85 bits per heavy atom. The van der Waals surface area contributed by atoms with Crippen LogP contribution in [-0.4, -0.2) is 36.1 Å². The average Bonchev–Trinajstić information content (AvgIpc) is 3.32. The van der Waals surface area contributed by atoms with Crippen LogP contribution < -0.4 is 21.7 Å². The Morgan fingerprint density at radius 2 is 2.15 bits per heavy atom. The highest BCUT2D eigenvalue weighted by Gasteiger charge is 2.33. The second-order valence-electron chi connectivity index (χ2n) is 9.43. The number of anilines is 2. The molecular weight excluding hydrogens is 451 g/mol. The van der Waals surface area contributed by atoms with Gasteiger partial charge in [0.05, 0.1) is 16.9 Å². The summed E-state index contributed by atoms with van der Waals surface area (Å²) in [7, 11) is 0. The summed E-state index contributed by atoms with van der Waals surface area (Å²) in [5, 5.41) is 13.7. The largest absolute Gasteiger partial charge is 0.397 e. The second kappa shape index (κ2) is 8.53. The number of thiophene rings is 1. The maximum absolute atomic E-state index is 15.3. The number of amides is 1. The number of fused-ring (bicyclic) bond motifs is 2. The summed E-state index contributed by atoms with van der Waals surface area (Å²) in [6, 6.07) is 7.27. The molecule has 1 aliphatic heterocycles. The average molecular weight is 479 g/mol. The molecule has 176 valence electrons. The van der Waals surface area contributed by atoms with Crippen molar-refractivity contribution in [3.63, 3.8) is 0 Å². The lowest BCUT2D eigenvalue weighted by molar-refractivity contribution is 0.0938. The Morgan fingerprint density at radius 1 is 1.35 bits per heavy atom. The van der Waals surface area contributed by atoms with Gasteiger partial charge in [0.15, 0.2) is 0 Å². The van der Waals surface area contributed by atoms with Crippen molar-refractivity contribution >= 4 is 38.8 Å². The number of rotatable bonds is 3. The Kier molecular flexibility index (Phi) is 5.66. The SMILES string of the molecule is Cc1ccc2c(N)c(C(=O)N[C@H]3CCc4c(C#N)c(N5C[C@H](C)[C@@H](N)C5)cc(F)c4C3)sc2n1. The molecule has 5 rings (SSSR count). The van der Waals surface area contributed by atoms with Crippen LogP contribution >= 0.6 is 11.3 Å². The number of hydrogen-bond donors (Lipinski definition) is 3. The Labute approximate surface area is 201 Å². The van der Waals surface area contributed by atoms with E-state index in [9.17, 15) is 10.1 Å². The van der Waals surface area contributed by atoms with Gasteiger partial charge in [-0.2, -0.15) is 5.26 Å². The van der Waals surface area contributed by atoms with E-state index in [1.165, 1.54) is 17.4 Å². The molecule has 1 fully saturated rings. The molecule has 2 aliphatic rings. The van der Waals surface area contributed by atoms with Gasteiger partial charge in [-0.1, -0.05) is 6.92 Å². The maximum Gasteiger partial charge on any atom is 0.263 e. The quantitative estimate of drug-likeness (QED) is 0.531. The van der Waals surface area contributed by atoms with Crippen LogP contribution in [0.1, 0.15) is 45.4 Å². The number of nitrogens with zero attached hydrogens (tertiary/aromatic N) is 3. The molecule has 5 N–H and O–H groups in total. The maximum atomic E-state index is 15.3. The molecule has 0 unspecified atom stereocenters. The smallest absolute Gasteiger partial charge is 0.263 e. The van der Waals surface area contributed by atoms with Gasteiger partial charge in [0.1, 0.15) is 21.6 Å². The van der Waals surface area contributed by atoms with Crippen LogP contribution in [0.2, 0.25) is 0 Å². The van der Waals surface area contributed by atoms with E-state index >= 15 is 4.39 Å². The van der Waals surface area contributed by atoms with Crippen molar-refractivity contribution in [2.24, 2.45) is 11.7 Å². The highest BCUT2D eigenvalue weighted by atomic mass is 32.1. The first-order valence-electron chi connectivity index (χ1n) is 11.5. The monoisotopic (exact) mass is 478 g/mol. The van der Waals surface area contributed by atoms with Crippen molar-refractivity contribution in [2.45, 2.75) is 45.2 Å². The molecule has 0 bridgehead atoms. The summed E-state index contributed by atoms with van der Waals surface area (Å²) in [6.07, 6.45) is 1.47. The predicted molar refractivity (Wildman–Crippen MR) is 133 cm³/mol. The minimum Gasteiger partial charge on any atom is -0.397 e. The summed E-state index contributed by atoms with van der Waals surface area (Å²) in [5.74, 6) is -0.327. The van der Waals surface area contributed by atoms with Gasteiger partial charge in [0, 0.05) is 36.3 Å². The van der Waals surface area contributed by atoms with Crippen LogP contribution in [0.15, 0.2) is 18.2 Å². The van der Waals surface area contributed by atoms with E-state index in [4.69, 9.17) is 11.5 Å². The van der Waals surface area contributed by atoms with Gasteiger partial charge in [-0.3, -0.25) is 4.79 Å². The lowest BCUT2D eigenvalue weighted by atomic mass is 9.84. The lowest BCUT2D eigenvalue weighted by Crippen LogP contribution is -2.39. The molecule has 3 aromatic rings. The van der Waals surface area contributed by atoms with Crippen molar-refractivity contribution in [1.82, 2.24) is 10.3 Å². The molecule has 3 atom stereocenters. The van der Waals surface area contributed by atoms with Crippen LogP contribution in [0.4, 0.5) is 15.8 Å². The zero-order chi connectivity index (χ0) is 24.1. The highest BCUT2D eigenvalue weighted by Crippen LogP contribution is 2.36. The Balaban J connectivity index is 1.39. The fourth-order valence-corrected chi connectivity index (χ4v) is 6.13. The minimum absolute atomic E-state index is 0.00526. The molecular formula is C25H27FN6OS. The number of aromatic nitrogens is 1. The molecule has 0 radical (unpaired) electrons. The number of carbonyl (C=O) groups is 1. The number of aryl methyl sites for hydroxylation is 1. The van der Waals surface area contributed by atoms with Gasteiger partial charge in [-0.15, -0.1) is 11.3 Å². The van der Waals surface area contributed by atoms with E-state index in [1.807, 2.05) is 24.0 Å². The molecule has 1 amide bonds. The summed E-state index contributed by atoms with van der Waals surface area (Å²) in [4.78, 5) is 20.7. The highest BCUT2D eigenvalue weighted by molar-refractivity contribution is 7.21. The summed E-state index contributed by atoms with van der Waals surface area (Å²) in [6.45, 7) is 5.28. The minimum atomic E-state index is -0.336. The van der Waals surface area contributed by atoms with Gasteiger partial charge >= 0.3 is 0 Å². The molecule has 1 aliphatic carbocycles. The van der Waals surface area contributed by atoms with E-state index in [2.05, 4.69) is 23.3 Å². The molecule has 34 heavy (non-hydrogen) atoms. The number of nitrogen functional groups attached to an aromatic ring is 1. The standard InChI is InChI=1S/C25H27FN6OS/c1-12-10-32(11-20(12)28)21-8-19(26)17-7-14(4-6-15(17)18(21)9-27)31-24(33)23-22(29)16-5-3-13(2)30-25(16)34-23/h3,5,8,12,14,20H,4,6-7,10-11,28-29H2,1-2H3,(H,31,33)/t12-,14-,20-/m0/s1. The second-order valence-corrected chi connectivity index (χ2v) is 10.4. The predicted octanol–water partition coefficient (Wildman–Crippen LogP) is 3.27. The molecule has 0 spiro atoms. The summed E-state index contributed by atoms with van der Waals surface area (Å²) >= 11 is 1.26. The van der Waals surface area contributed by atoms with Crippen LogP contribution in [0.5, 0.6) is 0 Å². The zero-order valence-electron chi connectivity index (χ0n) is 19.2. The van der Waals surface area contributed by atoms with E-state index in [0.29, 0.717) is 59.7 Å². The molecule has 2 aromatic heterocycles. The first kappa shape index (κ1) is 22.6. The number of nitriles is 1. The van der Waals surface area contributed by atoms with Crippen LogP contribution in [-0.2, 0) is 12.8 Å². The van der Waals surface area contributed by atoms with Crippen LogP contribution in [0.3, 0.4) is 0 Å². The lowest BCUT2D eigenvalue weighted by Gasteiger charge is -2.29. The van der Waals surface area contributed by atoms with Gasteiger partial charge in [0.2, 0.25) is 0 Å². The first-order chi connectivity index (χ1) is 16.3. The Bertz CT molecular complexity index is 1340. The number of halogens is 1.